The topological polar surface area (TPSA) is 91.0 Å². The van der Waals surface area contributed by atoms with Gasteiger partial charge in [0.15, 0.2) is 0 Å². The van der Waals surface area contributed by atoms with Crippen molar-refractivity contribution in [1.29, 1.82) is 0 Å². The molecule has 2 saturated heterocycles. The molecule has 0 aromatic heterocycles. The second-order valence-corrected chi connectivity index (χ2v) is 7.90. The van der Waals surface area contributed by atoms with Crippen LogP contribution in [0.2, 0.25) is 0 Å². The van der Waals surface area contributed by atoms with E-state index in [1.807, 2.05) is 31.2 Å². The maximum Gasteiger partial charge on any atom is 0.344 e. The van der Waals surface area contributed by atoms with Crippen LogP contribution in [0.1, 0.15) is 57.6 Å². The second kappa shape index (κ2) is 8.82. The number of carbonyl (C=O) groups excluding carboxylic acids is 3. The van der Waals surface area contributed by atoms with Gasteiger partial charge in [-0.3, -0.25) is 19.9 Å². The molecule has 8 heteroatoms. The summed E-state index contributed by atoms with van der Waals surface area (Å²) in [6.45, 7) is 4.39. The lowest BCUT2D eigenvalue weighted by Gasteiger charge is -2.30. The summed E-state index contributed by atoms with van der Waals surface area (Å²) in [6, 6.07) is 7.44. The SMILES string of the molecule is CCC1(C)NC(=O)N(NC(=O)CN2CCCCCC2c2ccc(OC)cc2)C1=O. The number of methoxy groups -OCH3 is 1. The van der Waals surface area contributed by atoms with E-state index in [0.29, 0.717) is 6.42 Å². The lowest BCUT2D eigenvalue weighted by Crippen LogP contribution is -2.51. The van der Waals surface area contributed by atoms with Crippen LogP contribution >= 0.6 is 0 Å². The third-order valence-electron chi connectivity index (χ3n) is 5.92. The molecule has 2 N–H and O–H groups in total. The summed E-state index contributed by atoms with van der Waals surface area (Å²) < 4.78 is 5.24. The molecule has 158 valence electrons. The highest BCUT2D eigenvalue weighted by molar-refractivity contribution is 6.07. The number of urea groups is 1. The van der Waals surface area contributed by atoms with Crippen LogP contribution in [0.5, 0.6) is 5.75 Å². The smallest absolute Gasteiger partial charge is 0.344 e. The van der Waals surface area contributed by atoms with E-state index in [9.17, 15) is 14.4 Å². The molecule has 3 rings (SSSR count). The molecule has 2 aliphatic heterocycles. The van der Waals surface area contributed by atoms with Crippen molar-refractivity contribution in [2.75, 3.05) is 20.2 Å². The normalized spacial score (nSPS) is 25.5. The summed E-state index contributed by atoms with van der Waals surface area (Å²) in [5.74, 6) is -0.000572. The molecule has 0 bridgehead atoms. The van der Waals surface area contributed by atoms with Crippen LogP contribution in [0.3, 0.4) is 0 Å². The van der Waals surface area contributed by atoms with Gasteiger partial charge in [0.05, 0.1) is 13.7 Å². The van der Waals surface area contributed by atoms with Gasteiger partial charge in [0, 0.05) is 6.04 Å². The van der Waals surface area contributed by atoms with Crippen molar-refractivity contribution < 1.29 is 19.1 Å². The van der Waals surface area contributed by atoms with Gasteiger partial charge in [0.25, 0.3) is 11.8 Å². The van der Waals surface area contributed by atoms with Gasteiger partial charge in [-0.25, -0.2) is 4.79 Å². The average Bonchev–Trinajstić information content (AvgIpc) is 2.87. The van der Waals surface area contributed by atoms with Crippen LogP contribution < -0.4 is 15.5 Å². The number of carbonyl (C=O) groups is 3. The highest BCUT2D eigenvalue weighted by atomic mass is 16.5. The first-order chi connectivity index (χ1) is 13.9. The van der Waals surface area contributed by atoms with Crippen molar-refractivity contribution in [2.24, 2.45) is 0 Å². The molecule has 0 saturated carbocycles. The highest BCUT2D eigenvalue weighted by Gasteiger charge is 2.47. The fourth-order valence-electron chi connectivity index (χ4n) is 3.93. The molecule has 1 aromatic carbocycles. The van der Waals surface area contributed by atoms with Crippen LogP contribution in [-0.2, 0) is 9.59 Å². The van der Waals surface area contributed by atoms with Gasteiger partial charge >= 0.3 is 6.03 Å². The largest absolute Gasteiger partial charge is 0.497 e. The number of nitrogens with zero attached hydrogens (tertiary/aromatic N) is 2. The molecule has 2 aliphatic rings. The zero-order chi connectivity index (χ0) is 21.0. The third-order valence-corrected chi connectivity index (χ3v) is 5.92. The van der Waals surface area contributed by atoms with Crippen LogP contribution in [0.15, 0.2) is 24.3 Å². The average molecular weight is 402 g/mol. The van der Waals surface area contributed by atoms with Crippen molar-refractivity contribution in [3.8, 4) is 5.75 Å². The number of amides is 4. The first-order valence-corrected chi connectivity index (χ1v) is 10.2. The van der Waals surface area contributed by atoms with E-state index in [4.69, 9.17) is 4.74 Å². The number of likely N-dealkylation sites (tertiary alicyclic amines) is 1. The number of benzene rings is 1. The highest BCUT2D eigenvalue weighted by Crippen LogP contribution is 2.31. The van der Waals surface area contributed by atoms with Gasteiger partial charge < -0.3 is 10.1 Å². The van der Waals surface area contributed by atoms with Crippen LogP contribution in [0, 0.1) is 0 Å². The lowest BCUT2D eigenvalue weighted by atomic mass is 10.00. The Morgan fingerprint density at radius 1 is 1.24 bits per heavy atom. The molecular formula is C21H30N4O4. The molecule has 1 aromatic rings. The minimum atomic E-state index is -0.974. The molecule has 2 atom stereocenters. The zero-order valence-corrected chi connectivity index (χ0v) is 17.4. The predicted octanol–water partition coefficient (Wildman–Crippen LogP) is 2.36. The number of ether oxygens (including phenoxy) is 1. The molecular weight excluding hydrogens is 372 g/mol. The van der Waals surface area contributed by atoms with E-state index in [1.54, 1.807) is 14.0 Å². The summed E-state index contributed by atoms with van der Waals surface area (Å²) >= 11 is 0. The minimum absolute atomic E-state index is 0.109. The van der Waals surface area contributed by atoms with E-state index in [0.717, 1.165) is 48.5 Å². The van der Waals surface area contributed by atoms with E-state index in [-0.39, 0.29) is 18.5 Å². The fourth-order valence-corrected chi connectivity index (χ4v) is 3.93. The van der Waals surface area contributed by atoms with Crippen LogP contribution in [0.4, 0.5) is 4.79 Å². The Balaban J connectivity index is 1.69. The summed E-state index contributed by atoms with van der Waals surface area (Å²) in [5.41, 5.74) is 2.66. The summed E-state index contributed by atoms with van der Waals surface area (Å²) in [7, 11) is 1.64. The molecule has 2 fully saturated rings. The van der Waals surface area contributed by atoms with Gasteiger partial charge in [-0.05, 0) is 50.4 Å². The number of rotatable bonds is 6. The quantitative estimate of drug-likeness (QED) is 0.713. The van der Waals surface area contributed by atoms with Gasteiger partial charge in [0.2, 0.25) is 0 Å². The number of hydrogen-bond donors (Lipinski definition) is 2. The van der Waals surface area contributed by atoms with Crippen molar-refractivity contribution in [2.45, 2.75) is 57.5 Å². The molecule has 29 heavy (non-hydrogen) atoms. The van der Waals surface area contributed by atoms with Gasteiger partial charge in [-0.2, -0.15) is 5.01 Å². The molecule has 0 aliphatic carbocycles. The van der Waals surface area contributed by atoms with Crippen LogP contribution in [-0.4, -0.2) is 53.5 Å². The monoisotopic (exact) mass is 402 g/mol. The number of hydrogen-bond acceptors (Lipinski definition) is 5. The predicted molar refractivity (Wildman–Crippen MR) is 108 cm³/mol. The standard InChI is InChI=1S/C21H30N4O4/c1-4-21(2)19(27)25(20(28)22-21)23-18(26)14-24-13-7-5-6-8-17(24)15-9-11-16(29-3)12-10-15/h9-12,17H,4-8,13-14H2,1-3H3,(H,22,28)(H,23,26). The summed E-state index contributed by atoms with van der Waals surface area (Å²) in [5, 5.41) is 3.45. The van der Waals surface area contributed by atoms with Gasteiger partial charge in [-0.1, -0.05) is 31.9 Å². The lowest BCUT2D eigenvalue weighted by molar-refractivity contribution is -0.139. The van der Waals surface area contributed by atoms with Crippen molar-refractivity contribution in [3.63, 3.8) is 0 Å². The maximum absolute atomic E-state index is 12.7. The number of hydrazine groups is 1. The summed E-state index contributed by atoms with van der Waals surface area (Å²) in [6.07, 6.45) is 4.63. The molecule has 0 spiro atoms. The Labute approximate surface area is 171 Å². The molecule has 4 amide bonds. The van der Waals surface area contributed by atoms with Gasteiger partial charge in [-0.15, -0.1) is 0 Å². The Kier molecular flexibility index (Phi) is 6.42. The Morgan fingerprint density at radius 3 is 2.59 bits per heavy atom. The Hall–Kier alpha value is -2.61. The first-order valence-electron chi connectivity index (χ1n) is 10.2. The minimum Gasteiger partial charge on any atom is -0.497 e. The van der Waals surface area contributed by atoms with Crippen LogP contribution in [0.25, 0.3) is 0 Å². The molecule has 8 nitrogen and oxygen atoms in total. The maximum atomic E-state index is 12.7. The van der Waals surface area contributed by atoms with Crippen molar-refractivity contribution in [1.82, 2.24) is 20.7 Å². The molecule has 2 unspecified atom stereocenters. The molecule has 0 radical (unpaired) electrons. The van der Waals surface area contributed by atoms with Crippen molar-refractivity contribution in [3.05, 3.63) is 29.8 Å². The van der Waals surface area contributed by atoms with Gasteiger partial charge in [0.1, 0.15) is 11.3 Å². The Morgan fingerprint density at radius 2 is 1.97 bits per heavy atom. The van der Waals surface area contributed by atoms with E-state index in [1.165, 1.54) is 0 Å². The van der Waals surface area contributed by atoms with E-state index in [2.05, 4.69) is 15.6 Å². The second-order valence-electron chi connectivity index (χ2n) is 7.90. The first kappa shape index (κ1) is 21.1. The Bertz CT molecular complexity index is 766. The fraction of sp³-hybridized carbons (Fsp3) is 0.571. The third kappa shape index (κ3) is 4.53. The van der Waals surface area contributed by atoms with E-state index >= 15 is 0 Å². The summed E-state index contributed by atoms with van der Waals surface area (Å²) in [4.78, 5) is 39.5. The number of nitrogens with one attached hydrogen (secondary N) is 2. The van der Waals surface area contributed by atoms with Crippen molar-refractivity contribution >= 4 is 17.8 Å². The van der Waals surface area contributed by atoms with E-state index < -0.39 is 17.5 Å². The molecule has 2 heterocycles. The zero-order valence-electron chi connectivity index (χ0n) is 17.4. The number of imide groups is 1.